The molecule has 0 aliphatic rings. The van der Waals surface area contributed by atoms with Gasteiger partial charge in [-0.25, -0.2) is 8.42 Å². The van der Waals surface area contributed by atoms with Gasteiger partial charge in [0.2, 0.25) is 0 Å². The van der Waals surface area contributed by atoms with Gasteiger partial charge >= 0.3 is 0 Å². The summed E-state index contributed by atoms with van der Waals surface area (Å²) < 4.78 is 28.7. The SMILES string of the molecule is CCN(c1ccc2sc(C(=O)NCC(C)(C)C)cc2c1)S(=O)(=O)c1ccc(C)cc1. The summed E-state index contributed by atoms with van der Waals surface area (Å²) in [5, 5.41) is 3.82. The van der Waals surface area contributed by atoms with E-state index in [0.29, 0.717) is 23.7 Å². The highest BCUT2D eigenvalue weighted by Gasteiger charge is 2.24. The summed E-state index contributed by atoms with van der Waals surface area (Å²) in [5.74, 6) is -0.104. The Morgan fingerprint density at radius 3 is 2.33 bits per heavy atom. The van der Waals surface area contributed by atoms with Crippen LogP contribution in [0, 0.1) is 12.3 Å². The predicted octanol–water partition coefficient (Wildman–Crippen LogP) is 5.20. The lowest BCUT2D eigenvalue weighted by Gasteiger charge is -2.23. The van der Waals surface area contributed by atoms with Gasteiger partial charge in [-0.3, -0.25) is 9.10 Å². The van der Waals surface area contributed by atoms with E-state index in [1.807, 2.05) is 32.0 Å². The van der Waals surface area contributed by atoms with Crippen LogP contribution in [-0.2, 0) is 10.0 Å². The average molecular weight is 445 g/mol. The lowest BCUT2D eigenvalue weighted by atomic mass is 9.97. The summed E-state index contributed by atoms with van der Waals surface area (Å²) in [5.41, 5.74) is 1.60. The Morgan fingerprint density at radius 2 is 1.73 bits per heavy atom. The summed E-state index contributed by atoms with van der Waals surface area (Å²) in [6.45, 7) is 10.8. The van der Waals surface area contributed by atoms with E-state index in [9.17, 15) is 13.2 Å². The molecule has 1 heterocycles. The molecule has 0 bridgehead atoms. The molecule has 1 aromatic heterocycles. The third kappa shape index (κ3) is 4.84. The Bertz CT molecular complexity index is 1160. The topological polar surface area (TPSA) is 66.5 Å². The predicted molar refractivity (Wildman–Crippen MR) is 125 cm³/mol. The minimum absolute atomic E-state index is 0.00543. The first kappa shape index (κ1) is 22.3. The van der Waals surface area contributed by atoms with Crippen LogP contribution in [0.1, 0.15) is 42.9 Å². The highest BCUT2D eigenvalue weighted by Crippen LogP contribution is 2.32. The normalized spacial score (nSPS) is 12.2. The fourth-order valence-electron chi connectivity index (χ4n) is 3.06. The number of carbonyl (C=O) groups excluding carboxylic acids is 1. The third-order valence-electron chi connectivity index (χ3n) is 4.69. The zero-order valence-corrected chi connectivity index (χ0v) is 19.7. The van der Waals surface area contributed by atoms with Crippen molar-refractivity contribution in [1.29, 1.82) is 0 Å². The molecule has 0 fully saturated rings. The number of fused-ring (bicyclic) bond motifs is 1. The van der Waals surface area contributed by atoms with Crippen LogP contribution in [0.4, 0.5) is 5.69 Å². The Labute approximate surface area is 182 Å². The third-order valence-corrected chi connectivity index (χ3v) is 7.72. The van der Waals surface area contributed by atoms with E-state index in [4.69, 9.17) is 0 Å². The summed E-state index contributed by atoms with van der Waals surface area (Å²) in [4.78, 5) is 13.4. The van der Waals surface area contributed by atoms with Crippen LogP contribution >= 0.6 is 11.3 Å². The lowest BCUT2D eigenvalue weighted by Crippen LogP contribution is -2.31. The number of benzene rings is 2. The standard InChI is InChI=1S/C23H28N2O3S2/c1-6-25(30(27,28)19-10-7-16(2)8-11-19)18-9-12-20-17(13-18)14-21(29-20)22(26)24-15-23(3,4)5/h7-14H,6,15H2,1-5H3,(H,24,26). The molecule has 5 nitrogen and oxygen atoms in total. The van der Waals surface area contributed by atoms with Gasteiger partial charge in [-0.2, -0.15) is 0 Å². The van der Waals surface area contributed by atoms with Crippen molar-refractivity contribution in [1.82, 2.24) is 5.32 Å². The lowest BCUT2D eigenvalue weighted by molar-refractivity contribution is 0.0943. The van der Waals surface area contributed by atoms with Crippen LogP contribution in [0.2, 0.25) is 0 Å². The first-order valence-electron chi connectivity index (χ1n) is 9.92. The fraction of sp³-hybridized carbons (Fsp3) is 0.348. The number of anilines is 1. The molecule has 3 rings (SSSR count). The van der Waals surface area contributed by atoms with E-state index in [1.165, 1.54) is 15.6 Å². The largest absolute Gasteiger partial charge is 0.351 e. The molecule has 0 aliphatic carbocycles. The molecule has 1 N–H and O–H groups in total. The molecule has 0 atom stereocenters. The highest BCUT2D eigenvalue weighted by atomic mass is 32.2. The molecular weight excluding hydrogens is 416 g/mol. The summed E-state index contributed by atoms with van der Waals surface area (Å²) >= 11 is 1.41. The molecule has 0 radical (unpaired) electrons. The van der Waals surface area contributed by atoms with Gasteiger partial charge in [-0.05, 0) is 61.0 Å². The molecule has 160 valence electrons. The van der Waals surface area contributed by atoms with Crippen LogP contribution in [0.5, 0.6) is 0 Å². The molecular formula is C23H28N2O3S2. The molecule has 1 amide bonds. The van der Waals surface area contributed by atoms with Crippen molar-refractivity contribution in [2.45, 2.75) is 39.5 Å². The monoisotopic (exact) mass is 444 g/mol. The first-order chi connectivity index (χ1) is 14.0. The van der Waals surface area contributed by atoms with Gasteiger partial charge < -0.3 is 5.32 Å². The van der Waals surface area contributed by atoms with Crippen LogP contribution in [0.15, 0.2) is 53.4 Å². The number of sulfonamides is 1. The molecule has 30 heavy (non-hydrogen) atoms. The number of carbonyl (C=O) groups is 1. The van der Waals surface area contributed by atoms with Crippen molar-refractivity contribution in [3.8, 4) is 0 Å². The molecule has 0 saturated heterocycles. The van der Waals surface area contributed by atoms with E-state index in [0.717, 1.165) is 15.6 Å². The summed E-state index contributed by atoms with van der Waals surface area (Å²) in [7, 11) is -3.67. The Balaban J connectivity index is 1.92. The Hall–Kier alpha value is -2.38. The number of hydrogen-bond donors (Lipinski definition) is 1. The zero-order chi connectivity index (χ0) is 22.1. The first-order valence-corrected chi connectivity index (χ1v) is 12.2. The zero-order valence-electron chi connectivity index (χ0n) is 18.0. The van der Waals surface area contributed by atoms with E-state index in [2.05, 4.69) is 26.1 Å². The van der Waals surface area contributed by atoms with Gasteiger partial charge in [-0.1, -0.05) is 38.5 Å². The molecule has 0 unspecified atom stereocenters. The highest BCUT2D eigenvalue weighted by molar-refractivity contribution is 7.92. The number of nitrogens with one attached hydrogen (secondary N) is 1. The minimum atomic E-state index is -3.67. The van der Waals surface area contributed by atoms with Crippen molar-refractivity contribution in [2.75, 3.05) is 17.4 Å². The van der Waals surface area contributed by atoms with Crippen LogP contribution in [-0.4, -0.2) is 27.4 Å². The second-order valence-corrected chi connectivity index (χ2v) is 11.5. The van der Waals surface area contributed by atoms with Gasteiger partial charge in [0, 0.05) is 17.8 Å². The van der Waals surface area contributed by atoms with E-state index >= 15 is 0 Å². The minimum Gasteiger partial charge on any atom is -0.351 e. The molecule has 0 aliphatic heterocycles. The van der Waals surface area contributed by atoms with E-state index < -0.39 is 10.0 Å². The molecule has 2 aromatic carbocycles. The second-order valence-electron chi connectivity index (χ2n) is 8.56. The average Bonchev–Trinajstić information content (AvgIpc) is 3.10. The van der Waals surface area contributed by atoms with Crippen LogP contribution in [0.25, 0.3) is 10.1 Å². The number of aryl methyl sites for hydroxylation is 1. The summed E-state index contributed by atoms with van der Waals surface area (Å²) in [6.07, 6.45) is 0. The maximum atomic E-state index is 13.2. The maximum absolute atomic E-state index is 13.2. The van der Waals surface area contributed by atoms with E-state index in [1.54, 1.807) is 30.3 Å². The number of rotatable bonds is 6. The van der Waals surface area contributed by atoms with Gasteiger partial charge in [-0.15, -0.1) is 11.3 Å². The van der Waals surface area contributed by atoms with Crippen molar-refractivity contribution in [3.05, 3.63) is 59.0 Å². The summed E-state index contributed by atoms with van der Waals surface area (Å²) in [6, 6.07) is 14.2. The Kier molecular flexibility index (Phi) is 6.24. The smallest absolute Gasteiger partial charge is 0.264 e. The van der Waals surface area contributed by atoms with Crippen LogP contribution in [0.3, 0.4) is 0 Å². The van der Waals surface area contributed by atoms with Gasteiger partial charge in [0.25, 0.3) is 15.9 Å². The number of thiophene rings is 1. The number of amides is 1. The maximum Gasteiger partial charge on any atom is 0.264 e. The van der Waals surface area contributed by atoms with Crippen molar-refractivity contribution in [2.24, 2.45) is 5.41 Å². The van der Waals surface area contributed by atoms with Crippen molar-refractivity contribution >= 4 is 43.0 Å². The molecule has 3 aromatic rings. The Morgan fingerprint density at radius 1 is 1.07 bits per heavy atom. The number of hydrogen-bond acceptors (Lipinski definition) is 4. The molecule has 0 spiro atoms. The molecule has 0 saturated carbocycles. The number of nitrogens with zero attached hydrogens (tertiary/aromatic N) is 1. The molecule has 7 heteroatoms. The quantitative estimate of drug-likeness (QED) is 0.568. The van der Waals surface area contributed by atoms with Gasteiger partial charge in [0.15, 0.2) is 0 Å². The van der Waals surface area contributed by atoms with Gasteiger partial charge in [0.05, 0.1) is 15.5 Å². The second kappa shape index (κ2) is 8.40. The van der Waals surface area contributed by atoms with Gasteiger partial charge in [0.1, 0.15) is 0 Å². The fourth-order valence-corrected chi connectivity index (χ4v) is 5.48. The van der Waals surface area contributed by atoms with E-state index in [-0.39, 0.29) is 16.2 Å². The van der Waals surface area contributed by atoms with Crippen LogP contribution < -0.4 is 9.62 Å². The van der Waals surface area contributed by atoms with Crippen molar-refractivity contribution in [3.63, 3.8) is 0 Å². The van der Waals surface area contributed by atoms with Crippen molar-refractivity contribution < 1.29 is 13.2 Å².